The molecule has 0 unspecified atom stereocenters. The van der Waals surface area contributed by atoms with Gasteiger partial charge in [-0.25, -0.2) is 0 Å². The van der Waals surface area contributed by atoms with E-state index in [9.17, 15) is 0 Å². The first kappa shape index (κ1) is 6.59. The highest BCUT2D eigenvalue weighted by Crippen LogP contribution is 2.02. The lowest BCUT2D eigenvalue weighted by atomic mass is 10.3. The van der Waals surface area contributed by atoms with Crippen molar-refractivity contribution in [2.45, 2.75) is 0 Å². The van der Waals surface area contributed by atoms with Crippen LogP contribution in [0.1, 0.15) is 5.69 Å². The molecule has 2 heteroatoms. The Morgan fingerprint density at radius 1 is 1.70 bits per heavy atom. The number of hydrogen-bond donors (Lipinski definition) is 1. The van der Waals surface area contributed by atoms with Crippen LogP contribution in [0.25, 0.3) is 6.08 Å². The van der Waals surface area contributed by atoms with Gasteiger partial charge in [0.25, 0.3) is 0 Å². The summed E-state index contributed by atoms with van der Waals surface area (Å²) in [5.74, 6) is 0. The van der Waals surface area contributed by atoms with E-state index in [2.05, 4.69) is 17.3 Å². The SMILES string of the molecule is C=C=Cc1cc(N)ccn1. The fourth-order valence-electron chi connectivity index (χ4n) is 0.649. The average molecular weight is 132 g/mol. The molecule has 2 N–H and O–H groups in total. The van der Waals surface area contributed by atoms with Crippen molar-refractivity contribution in [1.82, 2.24) is 4.98 Å². The minimum Gasteiger partial charge on any atom is -0.399 e. The third-order valence-corrected chi connectivity index (χ3v) is 1.06. The summed E-state index contributed by atoms with van der Waals surface area (Å²) < 4.78 is 0. The van der Waals surface area contributed by atoms with Crippen molar-refractivity contribution in [3.63, 3.8) is 0 Å². The maximum absolute atomic E-state index is 5.48. The lowest BCUT2D eigenvalue weighted by molar-refractivity contribution is 1.30. The monoisotopic (exact) mass is 132 g/mol. The van der Waals surface area contributed by atoms with Crippen LogP contribution in [0.4, 0.5) is 5.69 Å². The highest BCUT2D eigenvalue weighted by Gasteiger charge is 1.86. The molecule has 0 fully saturated rings. The number of aromatic nitrogens is 1. The molecule has 1 aromatic rings. The zero-order valence-corrected chi connectivity index (χ0v) is 5.54. The lowest BCUT2D eigenvalue weighted by Gasteiger charge is -1.91. The van der Waals surface area contributed by atoms with Gasteiger partial charge in [-0.1, -0.05) is 6.58 Å². The Labute approximate surface area is 59.7 Å². The molecule has 1 heterocycles. The van der Waals surface area contributed by atoms with Gasteiger partial charge in [-0.2, -0.15) is 0 Å². The molecule has 50 valence electrons. The molecule has 1 aromatic heterocycles. The van der Waals surface area contributed by atoms with Gasteiger partial charge in [0.1, 0.15) is 0 Å². The van der Waals surface area contributed by atoms with Gasteiger partial charge < -0.3 is 5.73 Å². The van der Waals surface area contributed by atoms with Crippen LogP contribution in [0.5, 0.6) is 0 Å². The van der Waals surface area contributed by atoms with Gasteiger partial charge in [0.05, 0.1) is 5.69 Å². The zero-order valence-electron chi connectivity index (χ0n) is 5.54. The van der Waals surface area contributed by atoms with Crippen molar-refractivity contribution < 1.29 is 0 Å². The van der Waals surface area contributed by atoms with Gasteiger partial charge in [-0.3, -0.25) is 4.98 Å². The predicted octanol–water partition coefficient (Wildman–Crippen LogP) is 1.46. The van der Waals surface area contributed by atoms with E-state index in [0.717, 1.165) is 5.69 Å². The van der Waals surface area contributed by atoms with Crippen molar-refractivity contribution in [2.75, 3.05) is 5.73 Å². The number of nitrogen functional groups attached to an aromatic ring is 1. The average Bonchev–Trinajstić information content (AvgIpc) is 1.88. The second-order valence-electron chi connectivity index (χ2n) is 1.86. The quantitative estimate of drug-likeness (QED) is 0.587. The van der Waals surface area contributed by atoms with Crippen molar-refractivity contribution in [1.29, 1.82) is 0 Å². The van der Waals surface area contributed by atoms with Crippen LogP contribution in [-0.2, 0) is 0 Å². The Morgan fingerprint density at radius 3 is 3.10 bits per heavy atom. The summed E-state index contributed by atoms with van der Waals surface area (Å²) in [6, 6.07) is 3.50. The number of pyridine rings is 1. The number of nitrogens with two attached hydrogens (primary N) is 1. The minimum atomic E-state index is 0.705. The van der Waals surface area contributed by atoms with E-state index >= 15 is 0 Å². The van der Waals surface area contributed by atoms with E-state index in [0.29, 0.717) is 5.69 Å². The molecule has 0 saturated carbocycles. The summed E-state index contributed by atoms with van der Waals surface area (Å²) in [5.41, 5.74) is 9.59. The van der Waals surface area contributed by atoms with Crippen LogP contribution in [0.15, 0.2) is 30.6 Å². The third-order valence-electron chi connectivity index (χ3n) is 1.06. The van der Waals surface area contributed by atoms with E-state index in [1.807, 2.05) is 0 Å². The van der Waals surface area contributed by atoms with Gasteiger partial charge in [0, 0.05) is 18.0 Å². The number of nitrogens with zero attached hydrogens (tertiary/aromatic N) is 1. The Hall–Kier alpha value is -1.53. The van der Waals surface area contributed by atoms with E-state index in [-0.39, 0.29) is 0 Å². The molecule has 2 nitrogen and oxygen atoms in total. The Bertz CT molecular complexity index is 272. The molecule has 0 aromatic carbocycles. The van der Waals surface area contributed by atoms with Crippen LogP contribution >= 0.6 is 0 Å². The Balaban J connectivity index is 3.06. The molecular formula is C8H8N2. The van der Waals surface area contributed by atoms with Crippen molar-refractivity contribution in [3.8, 4) is 0 Å². The molecule has 0 saturated heterocycles. The van der Waals surface area contributed by atoms with E-state index in [4.69, 9.17) is 5.73 Å². The Kier molecular flexibility index (Phi) is 1.88. The molecule has 0 aliphatic carbocycles. The predicted molar refractivity (Wildman–Crippen MR) is 42.3 cm³/mol. The van der Waals surface area contributed by atoms with Crippen LogP contribution in [0.2, 0.25) is 0 Å². The van der Waals surface area contributed by atoms with Crippen molar-refractivity contribution >= 4 is 11.8 Å². The number of hydrogen-bond acceptors (Lipinski definition) is 2. The second-order valence-corrected chi connectivity index (χ2v) is 1.86. The molecule has 0 aliphatic rings. The first-order chi connectivity index (χ1) is 4.83. The first-order valence-corrected chi connectivity index (χ1v) is 2.90. The fraction of sp³-hybridized carbons (Fsp3) is 0. The van der Waals surface area contributed by atoms with E-state index in [1.165, 1.54) is 0 Å². The topological polar surface area (TPSA) is 38.9 Å². The molecule has 0 bridgehead atoms. The summed E-state index contributed by atoms with van der Waals surface area (Å²) in [4.78, 5) is 3.99. The second kappa shape index (κ2) is 2.85. The molecule has 0 spiro atoms. The van der Waals surface area contributed by atoms with Gasteiger partial charge in [0.2, 0.25) is 0 Å². The maximum atomic E-state index is 5.48. The summed E-state index contributed by atoms with van der Waals surface area (Å²) in [6.45, 7) is 3.42. The van der Waals surface area contributed by atoms with Crippen LogP contribution in [-0.4, -0.2) is 4.98 Å². The molecule has 0 amide bonds. The largest absolute Gasteiger partial charge is 0.399 e. The number of anilines is 1. The third kappa shape index (κ3) is 1.47. The van der Waals surface area contributed by atoms with Crippen molar-refractivity contribution in [3.05, 3.63) is 36.3 Å². The first-order valence-electron chi connectivity index (χ1n) is 2.90. The standard InChI is InChI=1S/C8H8N2/c1-2-3-8-6-7(9)4-5-10-8/h3-6H,1H2,(H2,9,10). The molecule has 0 radical (unpaired) electrons. The Morgan fingerprint density at radius 2 is 2.50 bits per heavy atom. The summed E-state index contributed by atoms with van der Waals surface area (Å²) in [6.07, 6.45) is 3.33. The molecular weight excluding hydrogens is 124 g/mol. The van der Waals surface area contributed by atoms with Crippen LogP contribution in [0, 0.1) is 0 Å². The minimum absolute atomic E-state index is 0.705. The highest BCUT2D eigenvalue weighted by molar-refractivity contribution is 5.50. The summed E-state index contributed by atoms with van der Waals surface area (Å²) in [7, 11) is 0. The van der Waals surface area contributed by atoms with E-state index in [1.54, 1.807) is 24.4 Å². The fourth-order valence-corrected chi connectivity index (χ4v) is 0.649. The molecule has 10 heavy (non-hydrogen) atoms. The van der Waals surface area contributed by atoms with Crippen LogP contribution in [0.3, 0.4) is 0 Å². The van der Waals surface area contributed by atoms with E-state index < -0.39 is 0 Å². The molecule has 1 rings (SSSR count). The van der Waals surface area contributed by atoms with Gasteiger partial charge in [-0.05, 0) is 12.1 Å². The zero-order chi connectivity index (χ0) is 7.40. The molecule has 0 atom stereocenters. The maximum Gasteiger partial charge on any atom is 0.0726 e. The summed E-state index contributed by atoms with van der Waals surface area (Å²) in [5, 5.41) is 0. The summed E-state index contributed by atoms with van der Waals surface area (Å²) >= 11 is 0. The van der Waals surface area contributed by atoms with Gasteiger partial charge >= 0.3 is 0 Å². The smallest absolute Gasteiger partial charge is 0.0726 e. The normalized spacial score (nSPS) is 8.40. The van der Waals surface area contributed by atoms with Gasteiger partial charge in [0.15, 0.2) is 0 Å². The molecule has 0 aliphatic heterocycles. The van der Waals surface area contributed by atoms with Gasteiger partial charge in [-0.15, -0.1) is 5.73 Å². The lowest BCUT2D eigenvalue weighted by Crippen LogP contribution is -1.86. The number of rotatable bonds is 1. The highest BCUT2D eigenvalue weighted by atomic mass is 14.7. The van der Waals surface area contributed by atoms with Crippen molar-refractivity contribution in [2.24, 2.45) is 0 Å². The van der Waals surface area contributed by atoms with Crippen LogP contribution < -0.4 is 5.73 Å².